The van der Waals surface area contributed by atoms with Gasteiger partial charge < -0.3 is 14.6 Å². The lowest BCUT2D eigenvalue weighted by molar-refractivity contribution is -0.221. The second-order valence-electron chi connectivity index (χ2n) is 8.65. The molecule has 0 bridgehead atoms. The minimum atomic E-state index is -0.506. The molecule has 5 rings (SSSR count). The molecule has 172 valence electrons. The van der Waals surface area contributed by atoms with Gasteiger partial charge in [-0.25, -0.2) is 4.68 Å². The molecule has 2 aromatic heterocycles. The second-order valence-corrected chi connectivity index (χ2v) is 8.65. The van der Waals surface area contributed by atoms with E-state index in [4.69, 9.17) is 14.5 Å². The van der Waals surface area contributed by atoms with Gasteiger partial charge in [-0.3, -0.25) is 9.88 Å². The topological polar surface area (TPSA) is 85.5 Å². The maximum Gasteiger partial charge on any atom is 0.160 e. The van der Waals surface area contributed by atoms with E-state index in [9.17, 15) is 5.11 Å². The highest BCUT2D eigenvalue weighted by Gasteiger charge is 2.24. The van der Waals surface area contributed by atoms with Crippen LogP contribution >= 0.6 is 0 Å². The Balaban J connectivity index is 1.35. The number of ether oxygens (including phenoxy) is 2. The van der Waals surface area contributed by atoms with Crippen molar-refractivity contribution < 1.29 is 14.6 Å². The number of rotatable bonds is 7. The minimum absolute atomic E-state index is 0.145. The van der Waals surface area contributed by atoms with E-state index in [1.165, 1.54) is 5.56 Å². The minimum Gasteiger partial charge on any atom is -0.388 e. The Morgan fingerprint density at radius 2 is 2.00 bits per heavy atom. The quantitative estimate of drug-likeness (QED) is 0.596. The smallest absolute Gasteiger partial charge is 0.160 e. The predicted octanol–water partition coefficient (Wildman–Crippen LogP) is 2.71. The highest BCUT2D eigenvalue weighted by molar-refractivity contribution is 5.71. The average molecular weight is 448 g/mol. The van der Waals surface area contributed by atoms with Crippen molar-refractivity contribution >= 4 is 5.57 Å². The number of hydrogen-bond acceptors (Lipinski definition) is 7. The van der Waals surface area contributed by atoms with Crippen molar-refractivity contribution in [1.29, 1.82) is 0 Å². The first-order valence-electron chi connectivity index (χ1n) is 11.3. The molecule has 1 saturated heterocycles. The summed E-state index contributed by atoms with van der Waals surface area (Å²) in [5, 5.41) is 19.0. The number of aliphatic hydroxyl groups excluding tert-OH is 1. The molecule has 0 saturated carbocycles. The van der Waals surface area contributed by atoms with Crippen molar-refractivity contribution in [2.75, 3.05) is 19.7 Å². The van der Waals surface area contributed by atoms with Crippen LogP contribution in [0.4, 0.5) is 0 Å². The molecule has 2 aliphatic rings. The number of aryl methyl sites for hydroxylation is 2. The number of pyridine rings is 1. The van der Waals surface area contributed by atoms with Gasteiger partial charge in [0.2, 0.25) is 0 Å². The first-order valence-corrected chi connectivity index (χ1v) is 11.3. The van der Waals surface area contributed by atoms with Gasteiger partial charge >= 0.3 is 0 Å². The number of aromatic nitrogens is 4. The van der Waals surface area contributed by atoms with Crippen LogP contribution in [0.1, 0.15) is 28.9 Å². The lowest BCUT2D eigenvalue weighted by Gasteiger charge is -2.30. The fourth-order valence-corrected chi connectivity index (χ4v) is 4.33. The summed E-state index contributed by atoms with van der Waals surface area (Å²) in [5.74, 6) is 0. The number of nitrogens with zero attached hydrogens (tertiary/aromatic N) is 5. The van der Waals surface area contributed by atoms with Gasteiger partial charge in [-0.2, -0.15) is 0 Å². The monoisotopic (exact) mass is 447 g/mol. The Morgan fingerprint density at radius 1 is 1.18 bits per heavy atom. The van der Waals surface area contributed by atoms with Crippen molar-refractivity contribution in [3.05, 3.63) is 71.1 Å². The lowest BCUT2D eigenvalue weighted by Crippen LogP contribution is -2.36. The molecule has 8 nitrogen and oxygen atoms in total. The normalized spacial score (nSPS) is 21.0. The molecule has 2 aliphatic heterocycles. The fraction of sp³-hybridized carbons (Fsp3) is 0.400. The summed E-state index contributed by atoms with van der Waals surface area (Å²) >= 11 is 0. The van der Waals surface area contributed by atoms with Crippen molar-refractivity contribution in [3.8, 4) is 11.4 Å². The molecular formula is C25H29N5O3. The fourth-order valence-electron chi connectivity index (χ4n) is 4.33. The maximum atomic E-state index is 10.5. The zero-order chi connectivity index (χ0) is 22.8. The molecule has 1 N–H and O–H groups in total. The van der Waals surface area contributed by atoms with Crippen molar-refractivity contribution in [2.24, 2.45) is 7.05 Å². The summed E-state index contributed by atoms with van der Waals surface area (Å²) in [4.78, 5) is 7.11. The molecule has 0 aliphatic carbocycles. The molecular weight excluding hydrogens is 418 g/mol. The number of hydrogen-bond donors (Lipinski definition) is 1. The first-order chi connectivity index (χ1) is 16.1. The first kappa shape index (κ1) is 21.9. The van der Waals surface area contributed by atoms with Crippen LogP contribution in [0.2, 0.25) is 0 Å². The van der Waals surface area contributed by atoms with Gasteiger partial charge in [0.25, 0.3) is 0 Å². The Hall–Kier alpha value is -2.91. The van der Waals surface area contributed by atoms with Crippen LogP contribution in [-0.2, 0) is 29.7 Å². The molecule has 33 heavy (non-hydrogen) atoms. The third-order valence-electron chi connectivity index (χ3n) is 6.16. The number of benzene rings is 1. The molecule has 0 spiro atoms. The second kappa shape index (κ2) is 9.52. The van der Waals surface area contributed by atoms with Gasteiger partial charge in [-0.15, -0.1) is 5.10 Å². The molecule has 1 aromatic carbocycles. The Morgan fingerprint density at radius 3 is 2.73 bits per heavy atom. The molecule has 8 heteroatoms. The Bertz CT molecular complexity index is 1140. The van der Waals surface area contributed by atoms with E-state index in [1.54, 1.807) is 4.68 Å². The third-order valence-corrected chi connectivity index (χ3v) is 6.16. The summed E-state index contributed by atoms with van der Waals surface area (Å²) in [6.45, 7) is 5.30. The van der Waals surface area contributed by atoms with E-state index in [2.05, 4.69) is 33.4 Å². The van der Waals surface area contributed by atoms with Crippen molar-refractivity contribution in [1.82, 2.24) is 24.9 Å². The number of β-amino-alcohol motifs (C(OH)–C–C–N with tert-alkyl or cyclic N) is 1. The van der Waals surface area contributed by atoms with E-state index >= 15 is 0 Å². The van der Waals surface area contributed by atoms with Gasteiger partial charge in [0.05, 0.1) is 30.7 Å². The van der Waals surface area contributed by atoms with Gasteiger partial charge in [0, 0.05) is 44.4 Å². The third kappa shape index (κ3) is 4.89. The van der Waals surface area contributed by atoms with Crippen LogP contribution in [0, 0.1) is 6.92 Å². The standard InChI is InChI=1S/C25H29N5O3/c1-17-21(19-12-20(31)15-30(14-19)13-18-6-4-3-5-7-18)8-9-22(26-17)25-23(29(2)28-27-25)16-33-24-10-11-32-24/h3-9,12,20,24,31H,10-11,13-16H2,1-2H3. The van der Waals surface area contributed by atoms with Gasteiger partial charge in [0.1, 0.15) is 5.69 Å². The van der Waals surface area contributed by atoms with E-state index in [0.29, 0.717) is 13.2 Å². The summed E-state index contributed by atoms with van der Waals surface area (Å²) in [7, 11) is 1.85. The molecule has 1 fully saturated rings. The summed E-state index contributed by atoms with van der Waals surface area (Å²) < 4.78 is 12.9. The SMILES string of the molecule is Cc1nc(-c2nnn(C)c2COC2CCO2)ccc1C1=CC(O)CN(Cc2ccccc2)C1. The van der Waals surface area contributed by atoms with E-state index in [-0.39, 0.29) is 6.29 Å². The Labute approximate surface area is 193 Å². The van der Waals surface area contributed by atoms with Crippen LogP contribution in [0.25, 0.3) is 17.0 Å². The molecule has 2 unspecified atom stereocenters. The van der Waals surface area contributed by atoms with Crippen LogP contribution < -0.4 is 0 Å². The molecule has 3 aromatic rings. The zero-order valence-corrected chi connectivity index (χ0v) is 19.0. The van der Waals surface area contributed by atoms with E-state index in [0.717, 1.165) is 60.0 Å². The average Bonchev–Trinajstić information content (AvgIpc) is 3.13. The van der Waals surface area contributed by atoms with Crippen LogP contribution in [-0.4, -0.2) is 62.1 Å². The van der Waals surface area contributed by atoms with Gasteiger partial charge in [-0.1, -0.05) is 41.6 Å². The summed E-state index contributed by atoms with van der Waals surface area (Å²) in [5.41, 5.74) is 6.61. The largest absolute Gasteiger partial charge is 0.388 e. The molecule has 2 atom stereocenters. The van der Waals surface area contributed by atoms with E-state index < -0.39 is 6.10 Å². The molecule has 0 amide bonds. The number of aliphatic hydroxyl groups is 1. The summed E-state index contributed by atoms with van der Waals surface area (Å²) in [6, 6.07) is 14.4. The highest BCUT2D eigenvalue weighted by Crippen LogP contribution is 2.28. The maximum absolute atomic E-state index is 10.5. The zero-order valence-electron chi connectivity index (χ0n) is 19.0. The van der Waals surface area contributed by atoms with Crippen molar-refractivity contribution in [2.45, 2.75) is 38.9 Å². The van der Waals surface area contributed by atoms with Crippen LogP contribution in [0.3, 0.4) is 0 Å². The highest BCUT2D eigenvalue weighted by atomic mass is 16.7. The van der Waals surface area contributed by atoms with Crippen LogP contribution in [0.5, 0.6) is 0 Å². The Kier molecular flexibility index (Phi) is 6.32. The van der Waals surface area contributed by atoms with Gasteiger partial charge in [-0.05, 0) is 30.2 Å². The van der Waals surface area contributed by atoms with Gasteiger partial charge in [0.15, 0.2) is 6.29 Å². The van der Waals surface area contributed by atoms with Crippen LogP contribution in [0.15, 0.2) is 48.5 Å². The van der Waals surface area contributed by atoms with Crippen molar-refractivity contribution in [3.63, 3.8) is 0 Å². The predicted molar refractivity (Wildman–Crippen MR) is 124 cm³/mol. The lowest BCUT2D eigenvalue weighted by atomic mass is 9.97. The van der Waals surface area contributed by atoms with E-state index in [1.807, 2.05) is 44.3 Å². The molecule has 4 heterocycles. The summed E-state index contributed by atoms with van der Waals surface area (Å²) in [6.07, 6.45) is 2.21. The molecule has 0 radical (unpaired) electrons.